The Morgan fingerprint density at radius 2 is 2.15 bits per heavy atom. The van der Waals surface area contributed by atoms with Crippen LogP contribution >= 0.6 is 0 Å². The normalized spacial score (nSPS) is 15.2. The van der Waals surface area contributed by atoms with Crippen LogP contribution in [-0.4, -0.2) is 4.98 Å². The minimum absolute atomic E-state index is 0.990. The second-order valence-electron chi connectivity index (χ2n) is 3.68. The third-order valence-electron chi connectivity index (χ3n) is 2.83. The topological polar surface area (TPSA) is 27.8 Å². The Kier molecular flexibility index (Phi) is 1.30. The van der Waals surface area contributed by atoms with E-state index < -0.39 is 0 Å². The maximum absolute atomic E-state index is 3.45. The maximum Gasteiger partial charge on any atom is 0.0462 e. The number of aromatic nitrogens is 1. The molecule has 0 radical (unpaired) electrons. The second-order valence-corrected chi connectivity index (χ2v) is 3.68. The van der Waals surface area contributed by atoms with Gasteiger partial charge in [-0.25, -0.2) is 0 Å². The SMILES string of the molecule is Cc1cccc2[nH]c3c(c12)CNC3. The van der Waals surface area contributed by atoms with Crippen molar-refractivity contribution < 1.29 is 0 Å². The van der Waals surface area contributed by atoms with E-state index in [9.17, 15) is 0 Å². The molecule has 0 saturated carbocycles. The van der Waals surface area contributed by atoms with E-state index in [1.54, 1.807) is 0 Å². The quantitative estimate of drug-likeness (QED) is 0.625. The smallest absolute Gasteiger partial charge is 0.0462 e. The number of nitrogens with one attached hydrogen (secondary N) is 2. The summed E-state index contributed by atoms with van der Waals surface area (Å²) in [7, 11) is 0. The lowest BCUT2D eigenvalue weighted by Crippen LogP contribution is -2.01. The summed E-state index contributed by atoms with van der Waals surface area (Å²) in [5.41, 5.74) is 5.49. The number of aryl methyl sites for hydroxylation is 1. The number of hydrogen-bond acceptors (Lipinski definition) is 1. The van der Waals surface area contributed by atoms with Gasteiger partial charge in [-0.2, -0.15) is 0 Å². The van der Waals surface area contributed by atoms with Crippen molar-refractivity contribution in [1.82, 2.24) is 10.3 Å². The van der Waals surface area contributed by atoms with E-state index in [1.165, 1.54) is 27.7 Å². The van der Waals surface area contributed by atoms with E-state index in [-0.39, 0.29) is 0 Å². The Bertz CT molecular complexity index is 468. The van der Waals surface area contributed by atoms with Crippen molar-refractivity contribution in [3.8, 4) is 0 Å². The average molecular weight is 172 g/mol. The Morgan fingerprint density at radius 3 is 3.08 bits per heavy atom. The van der Waals surface area contributed by atoms with Gasteiger partial charge in [0, 0.05) is 29.7 Å². The summed E-state index contributed by atoms with van der Waals surface area (Å²) in [4.78, 5) is 3.45. The van der Waals surface area contributed by atoms with Crippen molar-refractivity contribution in [3.63, 3.8) is 0 Å². The van der Waals surface area contributed by atoms with Crippen molar-refractivity contribution in [3.05, 3.63) is 35.0 Å². The van der Waals surface area contributed by atoms with Gasteiger partial charge in [0.1, 0.15) is 0 Å². The highest BCUT2D eigenvalue weighted by molar-refractivity contribution is 5.88. The van der Waals surface area contributed by atoms with Gasteiger partial charge in [-0.05, 0) is 24.1 Å². The molecule has 0 atom stereocenters. The molecule has 2 nitrogen and oxygen atoms in total. The molecule has 2 N–H and O–H groups in total. The number of rotatable bonds is 0. The van der Waals surface area contributed by atoms with Crippen LogP contribution in [-0.2, 0) is 13.1 Å². The first-order valence-corrected chi connectivity index (χ1v) is 4.66. The minimum atomic E-state index is 0.990. The van der Waals surface area contributed by atoms with E-state index in [4.69, 9.17) is 0 Å². The first kappa shape index (κ1) is 7.15. The minimum Gasteiger partial charge on any atom is -0.357 e. The van der Waals surface area contributed by atoms with Crippen LogP contribution in [0.5, 0.6) is 0 Å². The summed E-state index contributed by atoms with van der Waals surface area (Å²) in [5, 5.41) is 4.77. The molecule has 3 rings (SSSR count). The number of H-pyrrole nitrogens is 1. The molecule has 0 saturated heterocycles. The fourth-order valence-corrected chi connectivity index (χ4v) is 2.22. The highest BCUT2D eigenvalue weighted by Gasteiger charge is 2.16. The summed E-state index contributed by atoms with van der Waals surface area (Å²) in [6.07, 6.45) is 0. The van der Waals surface area contributed by atoms with E-state index >= 15 is 0 Å². The Labute approximate surface area is 77.0 Å². The molecule has 13 heavy (non-hydrogen) atoms. The van der Waals surface area contributed by atoms with Crippen molar-refractivity contribution in [1.29, 1.82) is 0 Å². The van der Waals surface area contributed by atoms with Crippen molar-refractivity contribution in [2.24, 2.45) is 0 Å². The van der Waals surface area contributed by atoms with Gasteiger partial charge in [0.25, 0.3) is 0 Å². The standard InChI is InChI=1S/C11H12N2/c1-7-3-2-4-9-11(7)8-5-12-6-10(8)13-9/h2-4,12-13H,5-6H2,1H3. The third-order valence-corrected chi connectivity index (χ3v) is 2.83. The average Bonchev–Trinajstić information content (AvgIpc) is 2.62. The Morgan fingerprint density at radius 1 is 1.23 bits per heavy atom. The lowest BCUT2D eigenvalue weighted by atomic mass is 10.1. The Balaban J connectivity index is 2.46. The van der Waals surface area contributed by atoms with Gasteiger partial charge in [0.05, 0.1) is 0 Å². The fourth-order valence-electron chi connectivity index (χ4n) is 2.22. The van der Waals surface area contributed by atoms with Crippen LogP contribution in [0.4, 0.5) is 0 Å². The molecule has 0 amide bonds. The zero-order chi connectivity index (χ0) is 8.84. The van der Waals surface area contributed by atoms with E-state index in [1.807, 2.05) is 0 Å². The van der Waals surface area contributed by atoms with Gasteiger partial charge < -0.3 is 10.3 Å². The molecule has 66 valence electrons. The number of hydrogen-bond donors (Lipinski definition) is 2. The van der Waals surface area contributed by atoms with Crippen LogP contribution in [0, 0.1) is 6.92 Å². The highest BCUT2D eigenvalue weighted by atomic mass is 14.9. The Hall–Kier alpha value is -1.28. The monoisotopic (exact) mass is 172 g/mol. The van der Waals surface area contributed by atoms with Crippen LogP contribution in [0.1, 0.15) is 16.8 Å². The molecule has 0 aliphatic carbocycles. The summed E-state index contributed by atoms with van der Waals surface area (Å²) in [6, 6.07) is 6.44. The van der Waals surface area contributed by atoms with Crippen LogP contribution < -0.4 is 5.32 Å². The van der Waals surface area contributed by atoms with E-state index in [2.05, 4.69) is 35.4 Å². The van der Waals surface area contributed by atoms with Crippen LogP contribution in [0.2, 0.25) is 0 Å². The zero-order valence-corrected chi connectivity index (χ0v) is 7.65. The molecule has 1 aliphatic rings. The lowest BCUT2D eigenvalue weighted by molar-refractivity contribution is 0.757. The van der Waals surface area contributed by atoms with Crippen LogP contribution in [0.25, 0.3) is 10.9 Å². The summed E-state index contributed by atoms with van der Waals surface area (Å²) in [6.45, 7) is 4.18. The highest BCUT2D eigenvalue weighted by Crippen LogP contribution is 2.28. The van der Waals surface area contributed by atoms with E-state index in [0.717, 1.165) is 13.1 Å². The molecule has 0 spiro atoms. The van der Waals surface area contributed by atoms with Crippen molar-refractivity contribution >= 4 is 10.9 Å². The molecule has 1 aromatic carbocycles. The molecule has 1 aromatic heterocycles. The molecule has 0 bridgehead atoms. The predicted molar refractivity (Wildman–Crippen MR) is 53.6 cm³/mol. The van der Waals surface area contributed by atoms with Crippen LogP contribution in [0.3, 0.4) is 0 Å². The molecule has 0 fully saturated rings. The van der Waals surface area contributed by atoms with Crippen molar-refractivity contribution in [2.45, 2.75) is 20.0 Å². The van der Waals surface area contributed by atoms with Gasteiger partial charge >= 0.3 is 0 Å². The molecular formula is C11H12N2. The van der Waals surface area contributed by atoms with Crippen molar-refractivity contribution in [2.75, 3.05) is 0 Å². The zero-order valence-electron chi connectivity index (χ0n) is 7.65. The number of fused-ring (bicyclic) bond motifs is 3. The van der Waals surface area contributed by atoms with Gasteiger partial charge in [-0.3, -0.25) is 0 Å². The molecule has 2 heterocycles. The fraction of sp³-hybridized carbons (Fsp3) is 0.273. The maximum atomic E-state index is 3.45. The summed E-state index contributed by atoms with van der Waals surface area (Å²) >= 11 is 0. The summed E-state index contributed by atoms with van der Waals surface area (Å²) in [5.74, 6) is 0. The molecular weight excluding hydrogens is 160 g/mol. The third kappa shape index (κ3) is 0.864. The second kappa shape index (κ2) is 2.36. The lowest BCUT2D eigenvalue weighted by Gasteiger charge is -1.98. The largest absolute Gasteiger partial charge is 0.357 e. The predicted octanol–water partition coefficient (Wildman–Crippen LogP) is 2.08. The van der Waals surface area contributed by atoms with Crippen LogP contribution in [0.15, 0.2) is 18.2 Å². The molecule has 0 unspecified atom stereocenters. The first-order valence-electron chi connectivity index (χ1n) is 4.66. The summed E-state index contributed by atoms with van der Waals surface area (Å²) < 4.78 is 0. The van der Waals surface area contributed by atoms with Gasteiger partial charge in [0.15, 0.2) is 0 Å². The molecule has 2 heteroatoms. The van der Waals surface area contributed by atoms with Gasteiger partial charge in [-0.15, -0.1) is 0 Å². The van der Waals surface area contributed by atoms with E-state index in [0.29, 0.717) is 0 Å². The number of aromatic amines is 1. The number of benzene rings is 1. The van der Waals surface area contributed by atoms with Gasteiger partial charge in [0.2, 0.25) is 0 Å². The van der Waals surface area contributed by atoms with Gasteiger partial charge in [-0.1, -0.05) is 12.1 Å². The molecule has 2 aromatic rings. The first-order chi connectivity index (χ1) is 6.36. The molecule has 1 aliphatic heterocycles.